The molecule has 0 saturated carbocycles. The maximum Gasteiger partial charge on any atom is 0.236 e. The molecule has 0 N–H and O–H groups in total. The lowest BCUT2D eigenvalue weighted by Crippen LogP contribution is -2.21. The number of benzene rings is 2. The van der Waals surface area contributed by atoms with E-state index >= 15 is 0 Å². The largest absolute Gasteiger partial charge is 0.496 e. The van der Waals surface area contributed by atoms with Crippen molar-refractivity contribution < 1.29 is 33.1 Å². The Morgan fingerprint density at radius 3 is 1.34 bits per heavy atom. The fourth-order valence-electron chi connectivity index (χ4n) is 4.29. The quantitative estimate of drug-likeness (QED) is 0.324. The molecule has 0 amide bonds. The van der Waals surface area contributed by atoms with E-state index in [9.17, 15) is 14.2 Å². The Kier molecular flexibility index (Phi) is 11.0. The number of methoxy groups -OCH3 is 4. The Morgan fingerprint density at radius 1 is 0.771 bits per heavy atom. The third-order valence-corrected chi connectivity index (χ3v) is 8.37. The maximum atomic E-state index is 14.7. The number of hydrogen-bond acceptors (Lipinski definition) is 7. The minimum absolute atomic E-state index is 0. The first-order chi connectivity index (χ1) is 15.9. The van der Waals surface area contributed by atoms with Crippen LogP contribution >= 0.6 is 17.0 Å². The van der Waals surface area contributed by atoms with Gasteiger partial charge < -0.3 is 23.5 Å². The summed E-state index contributed by atoms with van der Waals surface area (Å²) in [7, 11) is 1.38. The molecule has 0 aromatic heterocycles. The Labute approximate surface area is 211 Å². The van der Waals surface area contributed by atoms with Gasteiger partial charge in [-0.05, 0) is 42.0 Å². The molecule has 194 valence electrons. The van der Waals surface area contributed by atoms with Crippen molar-refractivity contribution in [1.82, 2.24) is 0 Å². The first-order valence-corrected chi connectivity index (χ1v) is 12.9. The van der Waals surface area contributed by atoms with E-state index in [-0.39, 0.29) is 61.5 Å². The van der Waals surface area contributed by atoms with Gasteiger partial charge in [0.1, 0.15) is 34.1 Å². The molecule has 0 saturated heterocycles. The Morgan fingerprint density at radius 2 is 1.09 bits per heavy atom. The van der Waals surface area contributed by atoms with E-state index in [1.54, 1.807) is 36.4 Å². The third kappa shape index (κ3) is 6.86. The number of hydrogen-bond donors (Lipinski definition) is 0. The summed E-state index contributed by atoms with van der Waals surface area (Å²) in [6.07, 6.45) is 0.564. The topological polar surface area (TPSA) is 88.1 Å². The lowest BCUT2D eigenvalue weighted by molar-refractivity contribution is 0.103. The zero-order valence-electron chi connectivity index (χ0n) is 22.0. The van der Waals surface area contributed by atoms with E-state index in [1.807, 2.05) is 6.92 Å². The minimum atomic E-state index is -4.25. The molecule has 9 heteroatoms. The van der Waals surface area contributed by atoms with E-state index in [4.69, 9.17) is 18.9 Å². The lowest BCUT2D eigenvalue weighted by Gasteiger charge is -2.27. The van der Waals surface area contributed by atoms with Gasteiger partial charge in [0.05, 0.1) is 28.4 Å². The molecule has 2 aromatic carbocycles. The second kappa shape index (κ2) is 12.6. The third-order valence-electron chi connectivity index (χ3n) is 5.47. The van der Waals surface area contributed by atoms with Crippen LogP contribution in [0.2, 0.25) is 0 Å². The van der Waals surface area contributed by atoms with Gasteiger partial charge in [0, 0.05) is 6.16 Å². The zero-order chi connectivity index (χ0) is 25.7. The highest BCUT2D eigenvalue weighted by Crippen LogP contribution is 2.58. The number of rotatable bonds is 11. The molecular formula is C26H38O7P2. The molecule has 2 atom stereocenters. The van der Waals surface area contributed by atoms with Crippen molar-refractivity contribution in [2.45, 2.75) is 34.1 Å². The van der Waals surface area contributed by atoms with Crippen LogP contribution in [0.15, 0.2) is 36.4 Å². The highest BCUT2D eigenvalue weighted by Gasteiger charge is 2.46. The summed E-state index contributed by atoms with van der Waals surface area (Å²) < 4.78 is 36.2. The molecular weight excluding hydrogens is 486 g/mol. The molecule has 7 nitrogen and oxygen atoms in total. The summed E-state index contributed by atoms with van der Waals surface area (Å²) in [6.45, 7) is 8.08. The van der Waals surface area contributed by atoms with Gasteiger partial charge in [-0.15, -0.1) is 0 Å². The number of ether oxygens (including phenoxy) is 4. The monoisotopic (exact) mass is 524 g/mol. The summed E-state index contributed by atoms with van der Waals surface area (Å²) in [4.78, 5) is 28.0. The smallest absolute Gasteiger partial charge is 0.236 e. The SMILES string of the molecule is COc1cccc(OC)c1C(=O)P(=O)(CC(C)CC(C)(C)C)C(=O)c1c(OC)cccc1OC.P. The molecule has 2 rings (SSSR count). The van der Waals surface area contributed by atoms with E-state index in [1.165, 1.54) is 28.4 Å². The highest BCUT2D eigenvalue weighted by atomic mass is 31.2. The van der Waals surface area contributed by atoms with Crippen LogP contribution in [0.4, 0.5) is 0 Å². The first-order valence-electron chi connectivity index (χ1n) is 11.0. The summed E-state index contributed by atoms with van der Waals surface area (Å²) in [5.41, 5.74) is -1.72. The predicted molar refractivity (Wildman–Crippen MR) is 145 cm³/mol. The van der Waals surface area contributed by atoms with Crippen LogP contribution in [0.3, 0.4) is 0 Å². The average Bonchev–Trinajstić information content (AvgIpc) is 2.80. The Hall–Kier alpha value is -2.36. The van der Waals surface area contributed by atoms with Gasteiger partial charge in [-0.2, -0.15) is 9.90 Å². The second-order valence-corrected chi connectivity index (χ2v) is 12.1. The number of carbonyl (C=O) groups excluding carboxylic acids is 2. The first kappa shape index (κ1) is 30.7. The van der Waals surface area contributed by atoms with Crippen molar-refractivity contribution in [3.05, 3.63) is 47.5 Å². The maximum absolute atomic E-state index is 14.7. The highest BCUT2D eigenvalue weighted by molar-refractivity contribution is 7.95. The standard InChI is InChI=1S/C26H35O7P.H3P/c1-17(15-26(2,3)4)16-34(29,24(27)22-18(30-5)11-9-12-19(22)31-6)25(28)23-20(32-7)13-10-14-21(23)33-8;/h9-14,17H,15-16H2,1-8H3;1H3. The van der Waals surface area contributed by atoms with E-state index in [2.05, 4.69) is 20.8 Å². The summed E-state index contributed by atoms with van der Waals surface area (Å²) in [6, 6.07) is 9.62. The van der Waals surface area contributed by atoms with Crippen LogP contribution < -0.4 is 18.9 Å². The molecule has 2 aromatic rings. The molecule has 0 fully saturated rings. The van der Waals surface area contributed by atoms with Crippen molar-refractivity contribution in [2.75, 3.05) is 34.6 Å². The lowest BCUT2D eigenvalue weighted by atomic mass is 9.86. The van der Waals surface area contributed by atoms with E-state index in [0.717, 1.165) is 0 Å². The predicted octanol–water partition coefficient (Wildman–Crippen LogP) is 6.20. The summed E-state index contributed by atoms with van der Waals surface area (Å²) >= 11 is 0. The van der Waals surface area contributed by atoms with Gasteiger partial charge in [0.2, 0.25) is 18.2 Å². The molecule has 0 heterocycles. The van der Waals surface area contributed by atoms with Crippen LogP contribution in [-0.2, 0) is 4.57 Å². The van der Waals surface area contributed by atoms with Gasteiger partial charge in [0.15, 0.2) is 0 Å². The fourth-order valence-corrected chi connectivity index (χ4v) is 6.98. The van der Waals surface area contributed by atoms with Gasteiger partial charge in [0.25, 0.3) is 0 Å². The zero-order valence-corrected chi connectivity index (χ0v) is 24.3. The molecule has 0 aliphatic carbocycles. The van der Waals surface area contributed by atoms with Crippen molar-refractivity contribution in [2.24, 2.45) is 11.3 Å². The van der Waals surface area contributed by atoms with Gasteiger partial charge in [-0.1, -0.05) is 39.8 Å². The van der Waals surface area contributed by atoms with Gasteiger partial charge in [-0.3, -0.25) is 9.59 Å². The van der Waals surface area contributed by atoms with Crippen LogP contribution in [0.1, 0.15) is 54.8 Å². The molecule has 0 aliphatic rings. The van der Waals surface area contributed by atoms with Crippen molar-refractivity contribution in [3.8, 4) is 23.0 Å². The van der Waals surface area contributed by atoms with Crippen LogP contribution in [0.25, 0.3) is 0 Å². The van der Waals surface area contributed by atoms with Gasteiger partial charge >= 0.3 is 0 Å². The van der Waals surface area contributed by atoms with Crippen LogP contribution in [-0.4, -0.2) is 45.6 Å². The van der Waals surface area contributed by atoms with Crippen LogP contribution in [0, 0.1) is 11.3 Å². The Balaban J connectivity index is 0.00000612. The fraction of sp³-hybridized carbons (Fsp3) is 0.462. The number of carbonyl (C=O) groups is 2. The average molecular weight is 525 g/mol. The second-order valence-electron chi connectivity index (χ2n) is 9.48. The Bertz CT molecular complexity index is 974. The molecule has 0 spiro atoms. The van der Waals surface area contributed by atoms with E-state index in [0.29, 0.717) is 6.42 Å². The van der Waals surface area contributed by atoms with Gasteiger partial charge in [-0.25, -0.2) is 0 Å². The van der Waals surface area contributed by atoms with Crippen molar-refractivity contribution >= 4 is 28.1 Å². The normalized spacial score (nSPS) is 12.2. The van der Waals surface area contributed by atoms with E-state index < -0.39 is 18.2 Å². The van der Waals surface area contributed by atoms with Crippen LogP contribution in [0.5, 0.6) is 23.0 Å². The molecule has 35 heavy (non-hydrogen) atoms. The molecule has 2 unspecified atom stereocenters. The molecule has 0 aliphatic heterocycles. The van der Waals surface area contributed by atoms with Crippen molar-refractivity contribution in [3.63, 3.8) is 0 Å². The minimum Gasteiger partial charge on any atom is -0.496 e. The van der Waals surface area contributed by atoms with Crippen molar-refractivity contribution in [1.29, 1.82) is 0 Å². The summed E-state index contributed by atoms with van der Waals surface area (Å²) in [5, 5.41) is 0. The molecule has 0 radical (unpaired) electrons. The molecule has 0 bridgehead atoms. The summed E-state index contributed by atoms with van der Waals surface area (Å²) in [5.74, 6) is 0.571.